The fourth-order valence-electron chi connectivity index (χ4n) is 4.38. The summed E-state index contributed by atoms with van der Waals surface area (Å²) in [7, 11) is 0. The summed E-state index contributed by atoms with van der Waals surface area (Å²) in [4.78, 5) is 57.4. The highest BCUT2D eigenvalue weighted by atomic mass is 32.2. The maximum absolute atomic E-state index is 13.5. The van der Waals surface area contributed by atoms with Crippen molar-refractivity contribution in [1.82, 2.24) is 14.3 Å². The number of unbranched alkanes of at least 4 members (excludes halogenated alkanes) is 2. The van der Waals surface area contributed by atoms with E-state index in [4.69, 9.17) is 28.0 Å². The van der Waals surface area contributed by atoms with E-state index in [2.05, 4.69) is 0 Å². The van der Waals surface area contributed by atoms with Gasteiger partial charge in [-0.25, -0.2) is 4.98 Å². The van der Waals surface area contributed by atoms with Gasteiger partial charge >= 0.3 is 5.97 Å². The Bertz CT molecular complexity index is 1300. The molecule has 2 saturated heterocycles. The number of fused-ring (bicyclic) bond motifs is 1. The van der Waals surface area contributed by atoms with Gasteiger partial charge in [0.25, 0.3) is 11.5 Å². The zero-order valence-corrected chi connectivity index (χ0v) is 21.2. The number of primary amides is 1. The molecule has 4 rings (SSSR count). The molecule has 0 unspecified atom stereocenters. The first-order valence-electron chi connectivity index (χ1n) is 11.8. The van der Waals surface area contributed by atoms with E-state index in [9.17, 15) is 19.2 Å². The molecule has 2 aromatic rings. The molecule has 3 N–H and O–H groups in total. The first-order chi connectivity index (χ1) is 17.3. The van der Waals surface area contributed by atoms with Crippen LogP contribution in [0.5, 0.6) is 0 Å². The van der Waals surface area contributed by atoms with Crippen molar-refractivity contribution < 1.29 is 19.5 Å². The van der Waals surface area contributed by atoms with Crippen LogP contribution in [0.3, 0.4) is 0 Å². The number of carboxylic acids is 1. The monoisotopic (exact) mass is 529 g/mol. The Balaban J connectivity index is 1.61. The standard InChI is InChI=1S/C24H27N5O5S2/c25-20(32)15-8-12-27(13-9-15)21-16(22(33)28-10-5-3-6-18(28)26-21)14-17-23(34)29(24(35)36-17)11-4-1-2-7-19(30)31/h3,5-6,10,14-15H,1-2,4,7-9,11-13H2,(H2,25,32)(H,30,31). The predicted molar refractivity (Wildman–Crippen MR) is 142 cm³/mol. The van der Waals surface area contributed by atoms with Crippen molar-refractivity contribution in [2.75, 3.05) is 24.5 Å². The minimum atomic E-state index is -0.839. The summed E-state index contributed by atoms with van der Waals surface area (Å²) >= 11 is 6.55. The predicted octanol–water partition coefficient (Wildman–Crippen LogP) is 2.24. The number of aliphatic carboxylic acids is 1. The van der Waals surface area contributed by atoms with Crippen molar-refractivity contribution in [2.45, 2.75) is 38.5 Å². The fraction of sp³-hybridized carbons (Fsp3) is 0.417. The maximum atomic E-state index is 13.5. The van der Waals surface area contributed by atoms with Crippen LogP contribution in [-0.2, 0) is 14.4 Å². The lowest BCUT2D eigenvalue weighted by molar-refractivity contribution is -0.137. The van der Waals surface area contributed by atoms with Crippen LogP contribution in [0.25, 0.3) is 11.7 Å². The number of amides is 2. The Hall–Kier alpha value is -3.25. The Morgan fingerprint density at radius 3 is 2.64 bits per heavy atom. The summed E-state index contributed by atoms with van der Waals surface area (Å²) in [6.45, 7) is 1.42. The summed E-state index contributed by atoms with van der Waals surface area (Å²) in [6, 6.07) is 5.28. The number of thioether (sulfide) groups is 1. The van der Waals surface area contributed by atoms with Gasteiger partial charge in [0.15, 0.2) is 0 Å². The molecule has 0 aromatic carbocycles. The van der Waals surface area contributed by atoms with Crippen molar-refractivity contribution in [3.63, 3.8) is 0 Å². The molecule has 0 atom stereocenters. The van der Waals surface area contributed by atoms with Gasteiger partial charge in [0.1, 0.15) is 15.8 Å². The minimum absolute atomic E-state index is 0.0939. The molecule has 0 radical (unpaired) electrons. The smallest absolute Gasteiger partial charge is 0.303 e. The van der Waals surface area contributed by atoms with Crippen LogP contribution < -0.4 is 16.2 Å². The Morgan fingerprint density at radius 1 is 1.19 bits per heavy atom. The molecule has 2 fully saturated rings. The molecule has 2 aliphatic rings. The van der Waals surface area contributed by atoms with Gasteiger partial charge in [-0.1, -0.05) is 36.5 Å². The van der Waals surface area contributed by atoms with Gasteiger partial charge in [-0.15, -0.1) is 0 Å². The van der Waals surface area contributed by atoms with E-state index >= 15 is 0 Å². The molecular weight excluding hydrogens is 502 g/mol. The normalized spacial score (nSPS) is 17.9. The lowest BCUT2D eigenvalue weighted by atomic mass is 9.96. The highest BCUT2D eigenvalue weighted by Crippen LogP contribution is 2.34. The number of rotatable bonds is 9. The van der Waals surface area contributed by atoms with Gasteiger partial charge in [-0.2, -0.15) is 0 Å². The van der Waals surface area contributed by atoms with E-state index in [1.165, 1.54) is 9.30 Å². The summed E-state index contributed by atoms with van der Waals surface area (Å²) < 4.78 is 1.84. The zero-order chi connectivity index (χ0) is 25.8. The molecule has 2 aromatic heterocycles. The molecular formula is C24H27N5O5S2. The molecule has 10 nitrogen and oxygen atoms in total. The van der Waals surface area contributed by atoms with Gasteiger partial charge in [-0.3, -0.25) is 28.5 Å². The van der Waals surface area contributed by atoms with Gasteiger partial charge < -0.3 is 15.7 Å². The molecule has 0 spiro atoms. The Morgan fingerprint density at radius 2 is 1.94 bits per heavy atom. The van der Waals surface area contributed by atoms with Crippen LogP contribution in [0.4, 0.5) is 5.82 Å². The second kappa shape index (κ2) is 11.2. The molecule has 36 heavy (non-hydrogen) atoms. The van der Waals surface area contributed by atoms with Crippen LogP contribution >= 0.6 is 24.0 Å². The largest absolute Gasteiger partial charge is 0.481 e. The second-order valence-electron chi connectivity index (χ2n) is 8.78. The third-order valence-electron chi connectivity index (χ3n) is 6.37. The number of hydrogen-bond donors (Lipinski definition) is 2. The van der Waals surface area contributed by atoms with Crippen molar-refractivity contribution in [3.8, 4) is 0 Å². The van der Waals surface area contributed by atoms with E-state index in [-0.39, 0.29) is 35.3 Å². The van der Waals surface area contributed by atoms with E-state index in [0.717, 1.165) is 11.8 Å². The van der Waals surface area contributed by atoms with E-state index in [1.54, 1.807) is 30.5 Å². The van der Waals surface area contributed by atoms with Crippen LogP contribution in [0.2, 0.25) is 0 Å². The molecule has 0 bridgehead atoms. The molecule has 4 heterocycles. The van der Waals surface area contributed by atoms with E-state index < -0.39 is 5.97 Å². The van der Waals surface area contributed by atoms with Crippen molar-refractivity contribution >= 4 is 63.6 Å². The van der Waals surface area contributed by atoms with E-state index in [0.29, 0.717) is 72.4 Å². The third kappa shape index (κ3) is 5.59. The number of piperidine rings is 1. The number of nitrogens with two attached hydrogens (primary N) is 1. The Labute approximate surface area is 217 Å². The summed E-state index contributed by atoms with van der Waals surface area (Å²) in [5, 5.41) is 8.77. The maximum Gasteiger partial charge on any atom is 0.303 e. The molecule has 190 valence electrons. The Kier molecular flexibility index (Phi) is 8.04. The van der Waals surface area contributed by atoms with Gasteiger partial charge in [0, 0.05) is 38.2 Å². The van der Waals surface area contributed by atoms with Crippen molar-refractivity contribution in [3.05, 3.63) is 45.2 Å². The van der Waals surface area contributed by atoms with E-state index in [1.807, 2.05) is 4.90 Å². The number of carbonyl (C=O) groups excluding carboxylic acids is 2. The average Bonchev–Trinajstić information content (AvgIpc) is 3.12. The summed E-state index contributed by atoms with van der Waals surface area (Å²) in [6.07, 6.45) is 6.26. The van der Waals surface area contributed by atoms with Crippen LogP contribution in [-0.4, -0.2) is 61.1 Å². The number of hydrogen-bond acceptors (Lipinski definition) is 8. The van der Waals surface area contributed by atoms with Gasteiger partial charge in [0.05, 0.1) is 10.5 Å². The highest BCUT2D eigenvalue weighted by molar-refractivity contribution is 8.26. The topological polar surface area (TPSA) is 138 Å². The number of pyridine rings is 1. The van der Waals surface area contributed by atoms with Gasteiger partial charge in [0.2, 0.25) is 5.91 Å². The van der Waals surface area contributed by atoms with Crippen molar-refractivity contribution in [2.24, 2.45) is 11.7 Å². The van der Waals surface area contributed by atoms with Crippen LogP contribution in [0.1, 0.15) is 44.1 Å². The number of carboxylic acid groups (broad SMARTS) is 1. The molecule has 2 amide bonds. The molecule has 2 aliphatic heterocycles. The lowest BCUT2D eigenvalue weighted by Crippen LogP contribution is -2.40. The number of aromatic nitrogens is 2. The highest BCUT2D eigenvalue weighted by Gasteiger charge is 2.33. The number of anilines is 1. The average molecular weight is 530 g/mol. The quantitative estimate of drug-likeness (QED) is 0.284. The van der Waals surface area contributed by atoms with Gasteiger partial charge in [-0.05, 0) is 43.9 Å². The number of thiocarbonyl (C=S) groups is 1. The summed E-state index contributed by atoms with van der Waals surface area (Å²) in [5.41, 5.74) is 5.95. The molecule has 0 saturated carbocycles. The third-order valence-corrected chi connectivity index (χ3v) is 7.74. The zero-order valence-electron chi connectivity index (χ0n) is 19.6. The minimum Gasteiger partial charge on any atom is -0.481 e. The fourth-order valence-corrected chi connectivity index (χ4v) is 5.67. The van der Waals surface area contributed by atoms with Crippen LogP contribution in [0.15, 0.2) is 34.1 Å². The van der Waals surface area contributed by atoms with Crippen molar-refractivity contribution in [1.29, 1.82) is 0 Å². The first-order valence-corrected chi connectivity index (χ1v) is 13.0. The second-order valence-corrected chi connectivity index (χ2v) is 10.5. The van der Waals surface area contributed by atoms with Crippen LogP contribution in [0, 0.1) is 5.92 Å². The molecule has 12 heteroatoms. The summed E-state index contributed by atoms with van der Waals surface area (Å²) in [5.74, 6) is -1.19. The lowest BCUT2D eigenvalue weighted by Gasteiger charge is -2.32. The molecule has 0 aliphatic carbocycles. The first kappa shape index (κ1) is 25.8. The number of nitrogens with zero attached hydrogens (tertiary/aromatic N) is 4. The SMILES string of the molecule is NC(=O)C1CCN(c2nc3ccccn3c(=O)c2C=C2SC(=S)N(CCCCCC(=O)O)C2=O)CC1. The number of carbonyl (C=O) groups is 3.